The summed E-state index contributed by atoms with van der Waals surface area (Å²) in [5, 5.41) is 8.99. The topological polar surface area (TPSA) is 25.2 Å². The highest BCUT2D eigenvalue weighted by Gasteiger charge is 2.03. The maximum absolute atomic E-state index is 8.99. The maximum atomic E-state index is 8.99. The lowest BCUT2D eigenvalue weighted by molar-refractivity contribution is 0.272. The third-order valence-electron chi connectivity index (χ3n) is 2.47. The largest absolute Gasteiger partial charge is 0.390 e. The van der Waals surface area contributed by atoms with Gasteiger partial charge in [-0.25, -0.2) is 0 Å². The number of aliphatic hydroxyl groups excluding tert-OH is 1. The van der Waals surface area contributed by atoms with Gasteiger partial charge >= 0.3 is 0 Å². The van der Waals surface area contributed by atoms with Crippen LogP contribution in [0.3, 0.4) is 0 Å². The van der Waals surface area contributed by atoms with E-state index in [1.54, 1.807) is 0 Å². The van der Waals surface area contributed by atoms with Crippen molar-refractivity contribution >= 4 is 0 Å². The smallest absolute Gasteiger partial charge is 0.0832 e. The Morgan fingerprint density at radius 2 is 1.92 bits per heavy atom. The number of hydrogen-bond donors (Lipinski definition) is 1. The van der Waals surface area contributed by atoms with Crippen LogP contribution in [0.5, 0.6) is 0 Å². The molecule has 1 heterocycles. The highest BCUT2D eigenvalue weighted by molar-refractivity contribution is 5.15. The van der Waals surface area contributed by atoms with Crippen LogP contribution < -0.4 is 0 Å². The zero-order valence-corrected chi connectivity index (χ0v) is 8.75. The molecular formula is C11H19NO. The van der Waals surface area contributed by atoms with Crippen LogP contribution in [0.25, 0.3) is 0 Å². The predicted molar refractivity (Wildman–Crippen MR) is 54.5 cm³/mol. The first-order valence-corrected chi connectivity index (χ1v) is 4.89. The molecule has 1 aromatic rings. The van der Waals surface area contributed by atoms with E-state index in [2.05, 4.69) is 24.5 Å². The number of nitrogens with zero attached hydrogens (tertiary/aromatic N) is 1. The van der Waals surface area contributed by atoms with Gasteiger partial charge in [0.2, 0.25) is 0 Å². The maximum Gasteiger partial charge on any atom is 0.0832 e. The van der Waals surface area contributed by atoms with Gasteiger partial charge in [0.05, 0.1) is 6.61 Å². The van der Waals surface area contributed by atoms with Gasteiger partial charge in [0.25, 0.3) is 0 Å². The first-order chi connectivity index (χ1) is 6.15. The molecule has 0 spiro atoms. The fourth-order valence-corrected chi connectivity index (χ4v) is 1.45. The third kappa shape index (κ3) is 2.59. The highest BCUT2D eigenvalue weighted by atomic mass is 16.3. The fraction of sp³-hybridized carbons (Fsp3) is 0.636. The molecule has 0 saturated heterocycles. The van der Waals surface area contributed by atoms with Gasteiger partial charge in [0, 0.05) is 18.4 Å². The van der Waals surface area contributed by atoms with Crippen LogP contribution >= 0.6 is 0 Å². The van der Waals surface area contributed by atoms with Crippen LogP contribution in [0.15, 0.2) is 12.1 Å². The molecule has 0 aliphatic rings. The van der Waals surface area contributed by atoms with Crippen LogP contribution in [-0.2, 0) is 20.1 Å². The van der Waals surface area contributed by atoms with E-state index in [0.717, 1.165) is 18.0 Å². The average molecular weight is 181 g/mol. The zero-order valence-electron chi connectivity index (χ0n) is 8.75. The monoisotopic (exact) mass is 181 g/mol. The summed E-state index contributed by atoms with van der Waals surface area (Å²) < 4.78 is 2.09. The minimum absolute atomic E-state index is 0.137. The van der Waals surface area contributed by atoms with Gasteiger partial charge in [0.1, 0.15) is 0 Å². The third-order valence-corrected chi connectivity index (χ3v) is 2.47. The normalized spacial score (nSPS) is 11.2. The SMILES string of the molecule is CC(C)CCc1ccc(CO)n1C. The molecule has 1 rings (SSSR count). The standard InChI is InChI=1S/C11H19NO/c1-9(2)4-5-10-6-7-11(8-13)12(10)3/h6-7,9,13H,4-5,8H2,1-3H3. The van der Waals surface area contributed by atoms with Crippen molar-refractivity contribution in [1.29, 1.82) is 0 Å². The highest BCUT2D eigenvalue weighted by Crippen LogP contribution is 2.12. The van der Waals surface area contributed by atoms with Crippen molar-refractivity contribution in [2.45, 2.75) is 33.3 Å². The molecule has 0 aliphatic carbocycles. The van der Waals surface area contributed by atoms with Gasteiger partial charge < -0.3 is 9.67 Å². The molecule has 2 nitrogen and oxygen atoms in total. The molecule has 0 atom stereocenters. The minimum Gasteiger partial charge on any atom is -0.390 e. The lowest BCUT2D eigenvalue weighted by atomic mass is 10.1. The molecule has 1 N–H and O–H groups in total. The number of aryl methyl sites for hydroxylation is 1. The Labute approximate surface area is 80.2 Å². The Kier molecular flexibility index (Phi) is 3.55. The van der Waals surface area contributed by atoms with Gasteiger partial charge in [-0.3, -0.25) is 0 Å². The zero-order chi connectivity index (χ0) is 9.84. The minimum atomic E-state index is 0.137. The molecule has 13 heavy (non-hydrogen) atoms. The second-order valence-electron chi connectivity index (χ2n) is 3.97. The van der Waals surface area contributed by atoms with E-state index in [1.165, 1.54) is 12.1 Å². The summed E-state index contributed by atoms with van der Waals surface area (Å²) in [6, 6.07) is 4.10. The first kappa shape index (κ1) is 10.3. The van der Waals surface area contributed by atoms with Gasteiger partial charge in [0.15, 0.2) is 0 Å². The first-order valence-electron chi connectivity index (χ1n) is 4.89. The summed E-state index contributed by atoms with van der Waals surface area (Å²) in [6.45, 7) is 4.60. The van der Waals surface area contributed by atoms with Gasteiger partial charge in [-0.15, -0.1) is 0 Å². The van der Waals surface area contributed by atoms with Crippen LogP contribution in [0.4, 0.5) is 0 Å². The van der Waals surface area contributed by atoms with Crippen molar-refractivity contribution in [3.05, 3.63) is 23.5 Å². The van der Waals surface area contributed by atoms with E-state index < -0.39 is 0 Å². The molecule has 1 aromatic heterocycles. The Morgan fingerprint density at radius 1 is 1.31 bits per heavy atom. The fourth-order valence-electron chi connectivity index (χ4n) is 1.45. The van der Waals surface area contributed by atoms with Gasteiger partial charge in [-0.05, 0) is 30.9 Å². The molecule has 0 radical (unpaired) electrons. The van der Waals surface area contributed by atoms with Crippen LogP contribution in [0, 0.1) is 5.92 Å². The van der Waals surface area contributed by atoms with Crippen molar-refractivity contribution in [3.8, 4) is 0 Å². The lowest BCUT2D eigenvalue weighted by Crippen LogP contribution is -2.02. The molecule has 0 fully saturated rings. The van der Waals surface area contributed by atoms with Crippen molar-refractivity contribution in [2.75, 3.05) is 0 Å². The summed E-state index contributed by atoms with van der Waals surface area (Å²) in [4.78, 5) is 0. The van der Waals surface area contributed by atoms with Crippen molar-refractivity contribution in [3.63, 3.8) is 0 Å². The van der Waals surface area contributed by atoms with E-state index in [1.807, 2.05) is 13.1 Å². The number of aliphatic hydroxyl groups is 1. The quantitative estimate of drug-likeness (QED) is 0.756. The number of rotatable bonds is 4. The summed E-state index contributed by atoms with van der Waals surface area (Å²) in [5.41, 5.74) is 2.32. The predicted octanol–water partition coefficient (Wildman–Crippen LogP) is 2.11. The summed E-state index contributed by atoms with van der Waals surface area (Å²) >= 11 is 0. The molecule has 0 saturated carbocycles. The van der Waals surface area contributed by atoms with Crippen molar-refractivity contribution in [2.24, 2.45) is 13.0 Å². The summed E-state index contributed by atoms with van der Waals surface area (Å²) in [6.07, 6.45) is 2.32. The molecule has 0 bridgehead atoms. The molecule has 0 aliphatic heterocycles. The van der Waals surface area contributed by atoms with E-state index in [-0.39, 0.29) is 6.61 Å². The summed E-state index contributed by atoms with van der Waals surface area (Å²) in [7, 11) is 2.02. The lowest BCUT2D eigenvalue weighted by Gasteiger charge is -2.07. The van der Waals surface area contributed by atoms with E-state index in [9.17, 15) is 0 Å². The Hall–Kier alpha value is -0.760. The summed E-state index contributed by atoms with van der Waals surface area (Å²) in [5.74, 6) is 0.743. The molecule has 74 valence electrons. The molecule has 0 unspecified atom stereocenters. The van der Waals surface area contributed by atoms with Crippen LogP contribution in [0.2, 0.25) is 0 Å². The van der Waals surface area contributed by atoms with Crippen LogP contribution in [0.1, 0.15) is 31.7 Å². The van der Waals surface area contributed by atoms with E-state index in [4.69, 9.17) is 5.11 Å². The number of hydrogen-bond acceptors (Lipinski definition) is 1. The van der Waals surface area contributed by atoms with E-state index >= 15 is 0 Å². The van der Waals surface area contributed by atoms with Gasteiger partial charge in [-0.2, -0.15) is 0 Å². The Balaban J connectivity index is 2.62. The van der Waals surface area contributed by atoms with Crippen molar-refractivity contribution in [1.82, 2.24) is 4.57 Å². The van der Waals surface area contributed by atoms with Crippen LogP contribution in [-0.4, -0.2) is 9.67 Å². The van der Waals surface area contributed by atoms with Crippen molar-refractivity contribution < 1.29 is 5.11 Å². The molecular weight excluding hydrogens is 162 g/mol. The number of aromatic nitrogens is 1. The van der Waals surface area contributed by atoms with Gasteiger partial charge in [-0.1, -0.05) is 13.8 Å². The van der Waals surface area contributed by atoms with E-state index in [0.29, 0.717) is 0 Å². The average Bonchev–Trinajstić information content (AvgIpc) is 2.43. The Morgan fingerprint density at radius 3 is 2.38 bits per heavy atom. The molecule has 0 aromatic carbocycles. The molecule has 2 heteroatoms. The Bertz CT molecular complexity index is 263. The molecule has 0 amide bonds. The second-order valence-corrected chi connectivity index (χ2v) is 3.97. The second kappa shape index (κ2) is 4.47.